The van der Waals surface area contributed by atoms with E-state index in [1.165, 1.54) is 0 Å². The van der Waals surface area contributed by atoms with Crippen molar-refractivity contribution in [1.82, 2.24) is 0 Å². The molecule has 3 aromatic carbocycles. The van der Waals surface area contributed by atoms with E-state index >= 15 is 0 Å². The van der Waals surface area contributed by atoms with Crippen LogP contribution in [0.2, 0.25) is 0 Å². The topological polar surface area (TPSA) is 37.3 Å². The van der Waals surface area contributed by atoms with Gasteiger partial charge in [0.1, 0.15) is 5.60 Å². The first-order valence-electron chi connectivity index (χ1n) is 8.49. The van der Waals surface area contributed by atoms with Crippen LogP contribution in [0.1, 0.15) is 24.0 Å². The molecule has 1 unspecified atom stereocenters. The van der Waals surface area contributed by atoms with Crippen molar-refractivity contribution in [2.24, 2.45) is 0 Å². The normalized spacial score (nSPS) is 17.0. The van der Waals surface area contributed by atoms with E-state index < -0.39 is 21.1 Å². The lowest BCUT2D eigenvalue weighted by molar-refractivity contribution is 0.0682. The van der Waals surface area contributed by atoms with Gasteiger partial charge in [-0.3, -0.25) is 4.21 Å². The summed E-state index contributed by atoms with van der Waals surface area (Å²) in [5.74, 6) is 0. The molecule has 0 bridgehead atoms. The van der Waals surface area contributed by atoms with Gasteiger partial charge in [-0.25, -0.2) is 0 Å². The molecular weight excluding hydrogens is 328 g/mol. The van der Waals surface area contributed by atoms with E-state index in [4.69, 9.17) is 0 Å². The van der Waals surface area contributed by atoms with E-state index in [2.05, 4.69) is 0 Å². The summed E-state index contributed by atoms with van der Waals surface area (Å²) in [6.45, 7) is 0. The van der Waals surface area contributed by atoms with Crippen molar-refractivity contribution >= 4 is 10.8 Å². The highest BCUT2D eigenvalue weighted by Crippen LogP contribution is 2.58. The lowest BCUT2D eigenvalue weighted by atomic mass is 9.81. The van der Waals surface area contributed by atoms with Gasteiger partial charge in [0, 0.05) is 4.90 Å². The van der Waals surface area contributed by atoms with Gasteiger partial charge in [-0.05, 0) is 36.1 Å². The van der Waals surface area contributed by atoms with Gasteiger partial charge in [0.25, 0.3) is 0 Å². The first kappa shape index (κ1) is 16.2. The molecule has 25 heavy (non-hydrogen) atoms. The molecule has 1 aliphatic carbocycles. The van der Waals surface area contributed by atoms with Crippen LogP contribution >= 0.6 is 0 Å². The number of rotatable bonds is 5. The first-order chi connectivity index (χ1) is 12.2. The second kappa shape index (κ2) is 6.25. The summed E-state index contributed by atoms with van der Waals surface area (Å²) in [6.07, 6.45) is 1.46. The van der Waals surface area contributed by atoms with Crippen molar-refractivity contribution in [3.05, 3.63) is 102 Å². The zero-order valence-corrected chi connectivity index (χ0v) is 14.7. The average molecular weight is 348 g/mol. The molecule has 0 heterocycles. The molecule has 1 saturated carbocycles. The quantitative estimate of drug-likeness (QED) is 0.748. The van der Waals surface area contributed by atoms with Crippen molar-refractivity contribution in [2.45, 2.75) is 28.1 Å². The van der Waals surface area contributed by atoms with Crippen molar-refractivity contribution in [1.29, 1.82) is 0 Å². The molecule has 0 spiro atoms. The minimum atomic E-state index is -1.30. The van der Waals surface area contributed by atoms with Gasteiger partial charge in [0.2, 0.25) is 0 Å². The van der Waals surface area contributed by atoms with Crippen LogP contribution in [-0.4, -0.2) is 14.1 Å². The lowest BCUT2D eigenvalue weighted by Crippen LogP contribution is -2.45. The molecule has 3 heteroatoms. The first-order valence-corrected chi connectivity index (χ1v) is 9.64. The van der Waals surface area contributed by atoms with E-state index in [0.717, 1.165) is 28.9 Å². The molecule has 126 valence electrons. The van der Waals surface area contributed by atoms with Gasteiger partial charge in [0.15, 0.2) is 0 Å². The molecular formula is C22H20O2S. The van der Waals surface area contributed by atoms with E-state index in [9.17, 15) is 9.32 Å². The highest BCUT2D eigenvalue weighted by molar-refractivity contribution is 7.87. The Bertz CT molecular complexity index is 832. The zero-order valence-electron chi connectivity index (χ0n) is 13.8. The SMILES string of the molecule is O=S(c1ccccc1)C1(C(O)(c2ccccc2)c2ccccc2)CC1. The second-order valence-electron chi connectivity index (χ2n) is 6.52. The summed E-state index contributed by atoms with van der Waals surface area (Å²) in [4.78, 5) is 0.769. The molecule has 1 aliphatic rings. The van der Waals surface area contributed by atoms with Gasteiger partial charge in [-0.1, -0.05) is 78.9 Å². The van der Waals surface area contributed by atoms with E-state index in [-0.39, 0.29) is 0 Å². The molecule has 1 fully saturated rings. The minimum absolute atomic E-state index is 0.697. The van der Waals surface area contributed by atoms with Crippen LogP contribution in [0.3, 0.4) is 0 Å². The Morgan fingerprint density at radius 1 is 0.720 bits per heavy atom. The minimum Gasteiger partial charge on any atom is -0.379 e. The number of aliphatic hydroxyl groups is 1. The van der Waals surface area contributed by atoms with Crippen molar-refractivity contribution < 1.29 is 9.32 Å². The van der Waals surface area contributed by atoms with Gasteiger partial charge in [-0.15, -0.1) is 0 Å². The highest BCUT2D eigenvalue weighted by atomic mass is 32.2. The van der Waals surface area contributed by atoms with Crippen molar-refractivity contribution in [3.63, 3.8) is 0 Å². The van der Waals surface area contributed by atoms with Crippen LogP contribution in [0.25, 0.3) is 0 Å². The maximum Gasteiger partial charge on any atom is 0.132 e. The summed E-state index contributed by atoms with van der Waals surface area (Å²) in [6, 6.07) is 28.7. The molecule has 0 radical (unpaired) electrons. The van der Waals surface area contributed by atoms with E-state index in [0.29, 0.717) is 0 Å². The summed E-state index contributed by atoms with van der Waals surface area (Å²) >= 11 is 0. The Morgan fingerprint density at radius 3 is 1.52 bits per heavy atom. The molecule has 0 aliphatic heterocycles. The molecule has 0 aromatic heterocycles. The molecule has 0 amide bonds. The fourth-order valence-electron chi connectivity index (χ4n) is 3.62. The predicted octanol–water partition coefficient (Wildman–Crippen LogP) is 4.26. The van der Waals surface area contributed by atoms with Crippen LogP contribution in [0, 0.1) is 0 Å². The maximum atomic E-state index is 13.5. The molecule has 2 nitrogen and oxygen atoms in total. The van der Waals surface area contributed by atoms with Crippen LogP contribution in [-0.2, 0) is 16.4 Å². The summed E-state index contributed by atoms with van der Waals surface area (Å²) in [5.41, 5.74) is 0.307. The number of hydrogen-bond acceptors (Lipinski definition) is 2. The average Bonchev–Trinajstić information content (AvgIpc) is 3.51. The summed E-state index contributed by atoms with van der Waals surface area (Å²) < 4.78 is 12.8. The third-order valence-electron chi connectivity index (χ3n) is 5.06. The Balaban J connectivity index is 1.89. The van der Waals surface area contributed by atoms with Crippen LogP contribution < -0.4 is 0 Å². The monoisotopic (exact) mass is 348 g/mol. The van der Waals surface area contributed by atoms with Crippen LogP contribution in [0.5, 0.6) is 0 Å². The lowest BCUT2D eigenvalue weighted by Gasteiger charge is -2.37. The Kier molecular flexibility index (Phi) is 4.06. The number of hydrogen-bond donors (Lipinski definition) is 1. The fourth-order valence-corrected chi connectivity index (χ4v) is 5.45. The molecule has 0 saturated heterocycles. The maximum absolute atomic E-state index is 13.5. The van der Waals surface area contributed by atoms with Gasteiger partial charge >= 0.3 is 0 Å². The van der Waals surface area contributed by atoms with E-state index in [1.807, 2.05) is 91.0 Å². The largest absolute Gasteiger partial charge is 0.379 e. The van der Waals surface area contributed by atoms with Crippen molar-refractivity contribution in [3.8, 4) is 0 Å². The Labute approximate surface area is 150 Å². The summed E-state index contributed by atoms with van der Waals surface area (Å²) in [5, 5.41) is 12.0. The second-order valence-corrected chi connectivity index (χ2v) is 8.31. The highest BCUT2D eigenvalue weighted by Gasteiger charge is 2.64. The molecule has 1 N–H and O–H groups in total. The predicted molar refractivity (Wildman–Crippen MR) is 101 cm³/mol. The zero-order chi connectivity index (χ0) is 17.3. The van der Waals surface area contributed by atoms with E-state index in [1.54, 1.807) is 0 Å². The molecule has 4 rings (SSSR count). The van der Waals surface area contributed by atoms with Crippen LogP contribution in [0.4, 0.5) is 0 Å². The molecule has 3 aromatic rings. The van der Waals surface area contributed by atoms with Crippen molar-refractivity contribution in [2.75, 3.05) is 0 Å². The Hall–Kier alpha value is -2.23. The van der Waals surface area contributed by atoms with Crippen LogP contribution in [0.15, 0.2) is 95.9 Å². The summed E-state index contributed by atoms with van der Waals surface area (Å²) in [7, 11) is -1.30. The smallest absolute Gasteiger partial charge is 0.132 e. The van der Waals surface area contributed by atoms with Gasteiger partial charge in [0.05, 0.1) is 15.5 Å². The third kappa shape index (κ3) is 2.55. The Morgan fingerprint density at radius 2 is 1.12 bits per heavy atom. The fraction of sp³-hybridized carbons (Fsp3) is 0.182. The third-order valence-corrected chi connectivity index (χ3v) is 7.17. The van der Waals surface area contributed by atoms with Gasteiger partial charge in [-0.2, -0.15) is 0 Å². The molecule has 1 atom stereocenters. The standard InChI is InChI=1S/C22H20O2S/c23-22(18-10-4-1-5-11-18,19-12-6-2-7-13-19)21(16-17-21)25(24)20-14-8-3-9-15-20/h1-15,23H,16-17H2. The van der Waals surface area contributed by atoms with Gasteiger partial charge < -0.3 is 5.11 Å². The number of benzene rings is 3.